The summed E-state index contributed by atoms with van der Waals surface area (Å²) >= 11 is 0. The van der Waals surface area contributed by atoms with Gasteiger partial charge in [0.25, 0.3) is 5.91 Å². The summed E-state index contributed by atoms with van der Waals surface area (Å²) in [5.74, 6) is -2.31. The van der Waals surface area contributed by atoms with Crippen LogP contribution < -0.4 is 5.32 Å². The molecule has 25 heavy (non-hydrogen) atoms. The molecule has 0 aliphatic carbocycles. The first-order valence-corrected chi connectivity index (χ1v) is 7.43. The van der Waals surface area contributed by atoms with Crippen LogP contribution in [-0.4, -0.2) is 55.0 Å². The molecule has 0 unspecified atom stereocenters. The van der Waals surface area contributed by atoms with Gasteiger partial charge in [-0.1, -0.05) is 18.2 Å². The molecular weight excluding hydrogens is 332 g/mol. The Bertz CT molecular complexity index is 757. The van der Waals surface area contributed by atoms with Gasteiger partial charge in [0, 0.05) is 5.69 Å². The number of para-hydroxylation sites is 1. The standard InChI is InChI=1S/C16H14N2O7/c19-11-8-24-14(17-10-4-2-1-3-5-10)13(11)15(21)25-9-12(20)18-6-7-23-16(18)22/h1-5,17H,6-9H2. The van der Waals surface area contributed by atoms with E-state index in [2.05, 4.69) is 10.1 Å². The number of hydrogen-bond acceptors (Lipinski definition) is 8. The Balaban J connectivity index is 1.66. The van der Waals surface area contributed by atoms with Gasteiger partial charge in [0.1, 0.15) is 6.61 Å². The zero-order chi connectivity index (χ0) is 17.8. The van der Waals surface area contributed by atoms with E-state index in [0.29, 0.717) is 5.69 Å². The fourth-order valence-electron chi connectivity index (χ4n) is 2.26. The molecule has 2 amide bonds. The fourth-order valence-corrected chi connectivity index (χ4v) is 2.26. The van der Waals surface area contributed by atoms with Crippen LogP contribution >= 0.6 is 0 Å². The van der Waals surface area contributed by atoms with Gasteiger partial charge in [0.05, 0.1) is 6.54 Å². The van der Waals surface area contributed by atoms with E-state index in [4.69, 9.17) is 9.47 Å². The SMILES string of the molecule is O=C1COC(Nc2ccccc2)=C1C(=O)OCC(=O)N1CCOC1=O. The van der Waals surface area contributed by atoms with Crippen molar-refractivity contribution < 1.29 is 33.4 Å². The molecule has 0 bridgehead atoms. The number of imide groups is 1. The van der Waals surface area contributed by atoms with Gasteiger partial charge < -0.3 is 19.5 Å². The molecule has 130 valence electrons. The molecule has 0 spiro atoms. The lowest BCUT2D eigenvalue weighted by Gasteiger charge is -2.11. The first-order valence-electron chi connectivity index (χ1n) is 7.43. The highest BCUT2D eigenvalue weighted by atomic mass is 16.6. The number of hydrogen-bond donors (Lipinski definition) is 1. The molecule has 9 nitrogen and oxygen atoms in total. The molecule has 1 aromatic carbocycles. The number of nitrogens with zero attached hydrogens (tertiary/aromatic N) is 1. The number of esters is 1. The lowest BCUT2D eigenvalue weighted by atomic mass is 10.2. The summed E-state index contributed by atoms with van der Waals surface area (Å²) in [7, 11) is 0. The number of rotatable bonds is 5. The maximum Gasteiger partial charge on any atom is 0.416 e. The van der Waals surface area contributed by atoms with E-state index in [-0.39, 0.29) is 31.2 Å². The highest BCUT2D eigenvalue weighted by Crippen LogP contribution is 2.20. The van der Waals surface area contributed by atoms with Crippen LogP contribution in [0.15, 0.2) is 41.8 Å². The van der Waals surface area contributed by atoms with E-state index in [1.165, 1.54) is 0 Å². The predicted molar refractivity (Wildman–Crippen MR) is 82.1 cm³/mol. The summed E-state index contributed by atoms with van der Waals surface area (Å²) in [5, 5.41) is 2.82. The van der Waals surface area contributed by atoms with E-state index in [9.17, 15) is 19.2 Å². The van der Waals surface area contributed by atoms with Gasteiger partial charge in [0.2, 0.25) is 11.7 Å². The summed E-state index contributed by atoms with van der Waals surface area (Å²) in [4.78, 5) is 48.0. The monoisotopic (exact) mass is 346 g/mol. The average Bonchev–Trinajstić information content (AvgIpc) is 3.19. The van der Waals surface area contributed by atoms with E-state index >= 15 is 0 Å². The Morgan fingerprint density at radius 2 is 1.92 bits per heavy atom. The first kappa shape index (κ1) is 16.5. The summed E-state index contributed by atoms with van der Waals surface area (Å²) < 4.78 is 14.7. The molecule has 2 aliphatic heterocycles. The van der Waals surface area contributed by atoms with Crippen LogP contribution in [0.3, 0.4) is 0 Å². The molecule has 0 saturated carbocycles. The molecule has 1 N–H and O–H groups in total. The van der Waals surface area contributed by atoms with Gasteiger partial charge in [-0.05, 0) is 12.1 Å². The molecule has 0 atom stereocenters. The van der Waals surface area contributed by atoms with Crippen LogP contribution in [0.25, 0.3) is 0 Å². The van der Waals surface area contributed by atoms with E-state index in [1.54, 1.807) is 24.3 Å². The number of carbonyl (C=O) groups excluding carboxylic acids is 4. The summed E-state index contributed by atoms with van der Waals surface area (Å²) in [6, 6.07) is 8.80. The van der Waals surface area contributed by atoms with Crippen molar-refractivity contribution >= 4 is 29.4 Å². The Hall–Kier alpha value is -3.36. The van der Waals surface area contributed by atoms with Crippen molar-refractivity contribution in [2.75, 3.05) is 31.7 Å². The van der Waals surface area contributed by atoms with Gasteiger partial charge in [-0.15, -0.1) is 0 Å². The Morgan fingerprint density at radius 3 is 2.60 bits per heavy atom. The minimum Gasteiger partial charge on any atom is -0.470 e. The minimum atomic E-state index is -0.998. The second-order valence-corrected chi connectivity index (χ2v) is 5.14. The van der Waals surface area contributed by atoms with Crippen LogP contribution in [0.5, 0.6) is 0 Å². The fraction of sp³-hybridized carbons (Fsp3) is 0.250. The minimum absolute atomic E-state index is 0.0331. The lowest BCUT2D eigenvalue weighted by Crippen LogP contribution is -2.35. The Labute approximate surface area is 142 Å². The topological polar surface area (TPSA) is 111 Å². The van der Waals surface area contributed by atoms with Gasteiger partial charge >= 0.3 is 12.1 Å². The van der Waals surface area contributed by atoms with E-state index in [1.807, 2.05) is 6.07 Å². The van der Waals surface area contributed by atoms with Crippen LogP contribution in [0.1, 0.15) is 0 Å². The van der Waals surface area contributed by atoms with Crippen molar-refractivity contribution in [2.45, 2.75) is 0 Å². The van der Waals surface area contributed by atoms with Crippen molar-refractivity contribution in [3.63, 3.8) is 0 Å². The Morgan fingerprint density at radius 1 is 1.16 bits per heavy atom. The third kappa shape index (κ3) is 3.60. The third-order valence-electron chi connectivity index (χ3n) is 3.48. The Kier molecular flexibility index (Phi) is 4.64. The summed E-state index contributed by atoms with van der Waals surface area (Å²) in [6.07, 6.45) is -0.785. The highest BCUT2D eigenvalue weighted by Gasteiger charge is 2.34. The maximum atomic E-state index is 12.1. The van der Waals surface area contributed by atoms with Gasteiger partial charge in [-0.3, -0.25) is 9.59 Å². The second-order valence-electron chi connectivity index (χ2n) is 5.14. The van der Waals surface area contributed by atoms with Crippen molar-refractivity contribution in [3.05, 3.63) is 41.8 Å². The molecule has 1 aromatic rings. The third-order valence-corrected chi connectivity index (χ3v) is 3.48. The van der Waals surface area contributed by atoms with Crippen LogP contribution in [-0.2, 0) is 28.6 Å². The summed E-state index contributed by atoms with van der Waals surface area (Å²) in [6.45, 7) is -0.781. The quantitative estimate of drug-likeness (QED) is 0.604. The predicted octanol–water partition coefficient (Wildman–Crippen LogP) is 0.431. The van der Waals surface area contributed by atoms with Crippen molar-refractivity contribution in [1.29, 1.82) is 0 Å². The number of nitrogens with one attached hydrogen (secondary N) is 1. The lowest BCUT2D eigenvalue weighted by molar-refractivity contribution is -0.148. The zero-order valence-corrected chi connectivity index (χ0v) is 13.0. The number of Topliss-reactive ketones (excluding diaryl/α,β-unsaturated/α-hetero) is 1. The maximum absolute atomic E-state index is 12.1. The molecule has 2 heterocycles. The number of ketones is 1. The number of carbonyl (C=O) groups is 4. The molecule has 9 heteroatoms. The largest absolute Gasteiger partial charge is 0.470 e. The summed E-state index contributed by atoms with van der Waals surface area (Å²) in [5.41, 5.74) is 0.314. The molecule has 0 radical (unpaired) electrons. The normalized spacial score (nSPS) is 16.6. The molecule has 1 saturated heterocycles. The van der Waals surface area contributed by atoms with Crippen molar-refractivity contribution in [3.8, 4) is 0 Å². The number of amides is 2. The molecule has 0 aromatic heterocycles. The van der Waals surface area contributed by atoms with Crippen molar-refractivity contribution in [1.82, 2.24) is 4.90 Å². The van der Waals surface area contributed by atoms with Crippen LogP contribution in [0.4, 0.5) is 10.5 Å². The smallest absolute Gasteiger partial charge is 0.416 e. The van der Waals surface area contributed by atoms with Gasteiger partial charge in [-0.2, -0.15) is 0 Å². The highest BCUT2D eigenvalue weighted by molar-refractivity contribution is 6.20. The molecule has 3 rings (SSSR count). The van der Waals surface area contributed by atoms with Gasteiger partial charge in [-0.25, -0.2) is 14.5 Å². The van der Waals surface area contributed by atoms with E-state index < -0.39 is 30.4 Å². The van der Waals surface area contributed by atoms with Crippen LogP contribution in [0.2, 0.25) is 0 Å². The number of cyclic esters (lactones) is 1. The van der Waals surface area contributed by atoms with Gasteiger partial charge in [0.15, 0.2) is 18.8 Å². The van der Waals surface area contributed by atoms with Crippen molar-refractivity contribution in [2.24, 2.45) is 0 Å². The van der Waals surface area contributed by atoms with Crippen LogP contribution in [0, 0.1) is 0 Å². The number of ether oxygens (including phenoxy) is 3. The second kappa shape index (κ2) is 7.04. The zero-order valence-electron chi connectivity index (χ0n) is 13.0. The molecular formula is C16H14N2O7. The van der Waals surface area contributed by atoms with E-state index in [0.717, 1.165) is 4.90 Å². The molecule has 2 aliphatic rings. The number of benzene rings is 1. The molecule has 1 fully saturated rings. The number of anilines is 1. The first-order chi connectivity index (χ1) is 12.1. The average molecular weight is 346 g/mol.